The first-order valence-electron chi connectivity index (χ1n) is 12.2. The summed E-state index contributed by atoms with van der Waals surface area (Å²) in [7, 11) is 0. The normalized spacial score (nSPS) is 25.8. The minimum Gasteiger partial charge on any atom is -0.385 e. The van der Waals surface area contributed by atoms with E-state index in [4.69, 9.17) is 5.26 Å². The van der Waals surface area contributed by atoms with Crippen LogP contribution in [-0.4, -0.2) is 42.1 Å². The lowest BCUT2D eigenvalue weighted by Crippen LogP contribution is -2.58. The summed E-state index contributed by atoms with van der Waals surface area (Å²) in [5.41, 5.74) is -1.34. The van der Waals surface area contributed by atoms with Gasteiger partial charge in [-0.2, -0.15) is 18.4 Å². The van der Waals surface area contributed by atoms with Crippen molar-refractivity contribution in [3.8, 4) is 6.07 Å². The highest BCUT2D eigenvalue weighted by molar-refractivity contribution is 5.96. The molecule has 2 aromatic rings. The zero-order valence-electron chi connectivity index (χ0n) is 20.2. The highest BCUT2D eigenvalue weighted by Crippen LogP contribution is 2.44. The minimum absolute atomic E-state index is 0.101. The summed E-state index contributed by atoms with van der Waals surface area (Å²) in [5.74, 6) is -1.08. The fourth-order valence-electron chi connectivity index (χ4n) is 5.48. The number of benzene rings is 2. The Hall–Kier alpha value is -3.42. The molecule has 1 aliphatic carbocycles. The monoisotopic (exact) mass is 514 g/mol. The van der Waals surface area contributed by atoms with Gasteiger partial charge in [0.05, 0.1) is 34.9 Å². The lowest BCUT2D eigenvalue weighted by Gasteiger charge is -2.44. The molecule has 0 radical (unpaired) electrons. The third-order valence-electron chi connectivity index (χ3n) is 7.58. The van der Waals surface area contributed by atoms with Gasteiger partial charge in [-0.15, -0.1) is 0 Å². The molecule has 196 valence electrons. The number of hydrogen-bond acceptors (Lipinski definition) is 5. The first-order valence-corrected chi connectivity index (χ1v) is 12.2. The maximum Gasteiger partial charge on any atom is 0.416 e. The Morgan fingerprint density at radius 1 is 1.11 bits per heavy atom. The molecule has 37 heavy (non-hydrogen) atoms. The maximum atomic E-state index is 12.9. The Balaban J connectivity index is 1.36. The smallest absolute Gasteiger partial charge is 0.385 e. The van der Waals surface area contributed by atoms with Crippen molar-refractivity contribution in [3.05, 3.63) is 70.8 Å². The number of carbonyl (C=O) groups is 2. The number of carbonyl (C=O) groups excluding carboxylic acids is 2. The number of rotatable bonds is 6. The van der Waals surface area contributed by atoms with Gasteiger partial charge in [-0.25, -0.2) is 0 Å². The highest BCUT2D eigenvalue weighted by atomic mass is 19.4. The molecular formula is C27H29F3N4O3. The van der Waals surface area contributed by atoms with Crippen molar-refractivity contribution in [2.45, 2.75) is 49.4 Å². The molecule has 7 nitrogen and oxygen atoms in total. The van der Waals surface area contributed by atoms with Gasteiger partial charge in [0.25, 0.3) is 5.91 Å². The molecule has 1 aliphatic heterocycles. The average Bonchev–Trinajstić information content (AvgIpc) is 3.36. The molecule has 4 N–H and O–H groups in total. The summed E-state index contributed by atoms with van der Waals surface area (Å²) in [6.45, 7) is 0.909. The Morgan fingerprint density at radius 2 is 1.81 bits per heavy atom. The summed E-state index contributed by atoms with van der Waals surface area (Å²) in [6, 6.07) is 13.1. The molecule has 0 spiro atoms. The van der Waals surface area contributed by atoms with Gasteiger partial charge in [0.2, 0.25) is 5.91 Å². The van der Waals surface area contributed by atoms with Crippen molar-refractivity contribution in [3.63, 3.8) is 0 Å². The molecule has 2 amide bonds. The van der Waals surface area contributed by atoms with E-state index in [-0.39, 0.29) is 18.0 Å². The van der Waals surface area contributed by atoms with E-state index in [0.29, 0.717) is 50.8 Å². The number of alkyl halides is 3. The van der Waals surface area contributed by atoms with E-state index in [1.165, 1.54) is 6.07 Å². The predicted molar refractivity (Wildman–Crippen MR) is 129 cm³/mol. The SMILES string of the molecule is N#Cc1ccc(C2(O)CCC([C@]3(NC(=O)CNC(=O)c4cccc(C(F)(F)F)c4)CCNC3)CC2)cc1. The van der Waals surface area contributed by atoms with Crippen LogP contribution < -0.4 is 16.0 Å². The molecule has 2 fully saturated rings. The molecule has 2 aromatic carbocycles. The lowest BCUT2D eigenvalue weighted by molar-refractivity contribution is -0.137. The van der Waals surface area contributed by atoms with Crippen LogP contribution in [-0.2, 0) is 16.6 Å². The van der Waals surface area contributed by atoms with Crippen LogP contribution in [0.25, 0.3) is 0 Å². The van der Waals surface area contributed by atoms with Gasteiger partial charge < -0.3 is 21.1 Å². The van der Waals surface area contributed by atoms with E-state index >= 15 is 0 Å². The van der Waals surface area contributed by atoms with Gasteiger partial charge in [-0.05, 0) is 80.5 Å². The van der Waals surface area contributed by atoms with Gasteiger partial charge in [-0.1, -0.05) is 18.2 Å². The van der Waals surface area contributed by atoms with Crippen molar-refractivity contribution < 1.29 is 27.9 Å². The first-order chi connectivity index (χ1) is 17.5. The molecule has 1 saturated heterocycles. The summed E-state index contributed by atoms with van der Waals surface area (Å²) in [5, 5.41) is 29.0. The molecule has 0 aromatic heterocycles. The Bertz CT molecular complexity index is 1180. The largest absolute Gasteiger partial charge is 0.416 e. The van der Waals surface area contributed by atoms with Crippen LogP contribution in [0.3, 0.4) is 0 Å². The zero-order valence-corrected chi connectivity index (χ0v) is 20.2. The molecule has 0 bridgehead atoms. The average molecular weight is 515 g/mol. The van der Waals surface area contributed by atoms with E-state index in [9.17, 15) is 27.9 Å². The van der Waals surface area contributed by atoms with Gasteiger partial charge >= 0.3 is 6.18 Å². The van der Waals surface area contributed by atoms with Crippen molar-refractivity contribution in [2.24, 2.45) is 5.92 Å². The predicted octanol–water partition coefficient (Wildman–Crippen LogP) is 3.23. The highest BCUT2D eigenvalue weighted by Gasteiger charge is 2.46. The number of nitrogens with one attached hydrogen (secondary N) is 3. The Morgan fingerprint density at radius 3 is 2.41 bits per heavy atom. The number of hydrogen-bond donors (Lipinski definition) is 4. The molecule has 0 unspecified atom stereocenters. The molecule has 1 atom stereocenters. The van der Waals surface area contributed by atoms with Crippen molar-refractivity contribution in [1.82, 2.24) is 16.0 Å². The summed E-state index contributed by atoms with van der Waals surface area (Å²) in [6.07, 6.45) is -1.51. The van der Waals surface area contributed by atoms with Crippen LogP contribution in [0, 0.1) is 17.2 Å². The fraction of sp³-hybridized carbons (Fsp3) is 0.444. The summed E-state index contributed by atoms with van der Waals surface area (Å²) < 4.78 is 38.8. The zero-order chi connectivity index (χ0) is 26.7. The second-order valence-electron chi connectivity index (χ2n) is 9.89. The van der Waals surface area contributed by atoms with Crippen LogP contribution in [0.1, 0.15) is 59.2 Å². The Labute approximate surface area is 213 Å². The van der Waals surface area contributed by atoms with E-state index in [1.807, 2.05) is 0 Å². The molecule has 1 saturated carbocycles. The van der Waals surface area contributed by atoms with Crippen molar-refractivity contribution >= 4 is 11.8 Å². The van der Waals surface area contributed by atoms with E-state index in [2.05, 4.69) is 22.0 Å². The van der Waals surface area contributed by atoms with Gasteiger partial charge in [-0.3, -0.25) is 9.59 Å². The van der Waals surface area contributed by atoms with Gasteiger partial charge in [0.1, 0.15) is 0 Å². The molecule has 4 rings (SSSR count). The maximum absolute atomic E-state index is 12.9. The number of aliphatic hydroxyl groups is 1. The van der Waals surface area contributed by atoms with Crippen LogP contribution in [0.4, 0.5) is 13.2 Å². The Kier molecular flexibility index (Phi) is 7.57. The van der Waals surface area contributed by atoms with Crippen molar-refractivity contribution in [2.75, 3.05) is 19.6 Å². The third-order valence-corrected chi connectivity index (χ3v) is 7.58. The summed E-state index contributed by atoms with van der Waals surface area (Å²) >= 11 is 0. The van der Waals surface area contributed by atoms with Crippen LogP contribution in [0.15, 0.2) is 48.5 Å². The fourth-order valence-corrected chi connectivity index (χ4v) is 5.48. The number of nitriles is 1. The van der Waals surface area contributed by atoms with E-state index in [1.54, 1.807) is 24.3 Å². The second kappa shape index (κ2) is 10.5. The van der Waals surface area contributed by atoms with Crippen LogP contribution >= 0.6 is 0 Å². The number of amides is 2. The molecule has 2 aliphatic rings. The minimum atomic E-state index is -4.57. The third kappa shape index (κ3) is 5.95. The summed E-state index contributed by atoms with van der Waals surface area (Å²) in [4.78, 5) is 25.2. The van der Waals surface area contributed by atoms with Gasteiger partial charge in [0.15, 0.2) is 0 Å². The lowest BCUT2D eigenvalue weighted by atomic mass is 9.68. The van der Waals surface area contributed by atoms with E-state index in [0.717, 1.165) is 23.8 Å². The number of halogens is 3. The van der Waals surface area contributed by atoms with E-state index < -0.39 is 34.7 Å². The topological polar surface area (TPSA) is 114 Å². The first kappa shape index (κ1) is 26.6. The van der Waals surface area contributed by atoms with Crippen LogP contribution in [0.5, 0.6) is 0 Å². The van der Waals surface area contributed by atoms with Crippen molar-refractivity contribution in [1.29, 1.82) is 5.26 Å². The quantitative estimate of drug-likeness (QED) is 0.473. The second-order valence-corrected chi connectivity index (χ2v) is 9.89. The molecular weight excluding hydrogens is 485 g/mol. The van der Waals surface area contributed by atoms with Gasteiger partial charge in [0, 0.05) is 12.1 Å². The number of nitrogens with zero attached hydrogens (tertiary/aromatic N) is 1. The van der Waals surface area contributed by atoms with Crippen LogP contribution in [0.2, 0.25) is 0 Å². The standard InChI is InChI=1S/C27H29F3N4O3/c28-27(29,30)22-3-1-2-19(14-22)24(36)33-16-23(35)34-25(12-13-32-17-25)20-8-10-26(37,11-9-20)21-6-4-18(15-31)5-7-21/h1-7,14,20,32,37H,8-13,16-17H2,(H,33,36)(H,34,35)/t20?,25-,26?/m0/s1. The molecule has 1 heterocycles. The molecule has 10 heteroatoms.